The van der Waals surface area contributed by atoms with E-state index in [1.165, 1.54) is 6.26 Å². The summed E-state index contributed by atoms with van der Waals surface area (Å²) in [5, 5.41) is 10.6. The van der Waals surface area contributed by atoms with Crippen molar-refractivity contribution in [1.29, 1.82) is 0 Å². The van der Waals surface area contributed by atoms with E-state index in [0.717, 1.165) is 0 Å². The number of amides is 1. The molecular weight excluding hydrogens is 337 g/mol. The third-order valence-electron chi connectivity index (χ3n) is 2.32. The van der Waals surface area contributed by atoms with E-state index in [-0.39, 0.29) is 0 Å². The fourth-order valence-electron chi connectivity index (χ4n) is 1.53. The summed E-state index contributed by atoms with van der Waals surface area (Å²) in [5.74, 6) is -1.57. The van der Waals surface area contributed by atoms with Crippen molar-refractivity contribution in [3.63, 3.8) is 0 Å². The maximum Gasteiger partial charge on any atom is 0.419 e. The molecule has 0 bridgehead atoms. The number of hydrogen-bond acceptors (Lipinski definition) is 5. The number of halogens is 3. The van der Waals surface area contributed by atoms with Crippen LogP contribution in [0, 0.1) is 0 Å². The van der Waals surface area contributed by atoms with Crippen LogP contribution in [0.3, 0.4) is 0 Å². The highest BCUT2D eigenvalue weighted by molar-refractivity contribution is 7.98. The highest BCUT2D eigenvalue weighted by Gasteiger charge is 2.36. The van der Waals surface area contributed by atoms with E-state index in [4.69, 9.17) is 9.84 Å². The van der Waals surface area contributed by atoms with Gasteiger partial charge < -0.3 is 9.84 Å². The molecule has 0 saturated carbocycles. The topological polar surface area (TPSA) is 88.5 Å². The molecule has 23 heavy (non-hydrogen) atoms. The van der Waals surface area contributed by atoms with Crippen LogP contribution in [0.25, 0.3) is 0 Å². The highest BCUT2D eigenvalue weighted by Crippen LogP contribution is 2.37. The maximum absolute atomic E-state index is 13.0. The second-order valence-electron chi connectivity index (χ2n) is 5.37. The van der Waals surface area contributed by atoms with Gasteiger partial charge in [0.2, 0.25) is 0 Å². The Morgan fingerprint density at radius 2 is 1.87 bits per heavy atom. The number of hydrogen-bond donors (Lipinski definition) is 2. The molecule has 0 unspecified atom stereocenters. The van der Waals surface area contributed by atoms with Crippen LogP contribution in [0.5, 0.6) is 0 Å². The SMILES string of the molecule is CSc1nc(C(=O)O)c(NC(=O)OC(C)(C)C)cc1C(F)(F)F. The van der Waals surface area contributed by atoms with Gasteiger partial charge in [-0.05, 0) is 33.1 Å². The molecule has 0 saturated heterocycles. The number of carbonyl (C=O) groups is 2. The number of ether oxygens (including phenoxy) is 1. The maximum atomic E-state index is 13.0. The first-order valence-electron chi connectivity index (χ1n) is 6.24. The Balaban J connectivity index is 3.34. The number of nitrogens with one attached hydrogen (secondary N) is 1. The summed E-state index contributed by atoms with van der Waals surface area (Å²) in [6.07, 6.45) is -4.48. The summed E-state index contributed by atoms with van der Waals surface area (Å²) in [6, 6.07) is 0.534. The van der Waals surface area contributed by atoms with E-state index >= 15 is 0 Å². The number of thioether (sulfide) groups is 1. The first-order valence-corrected chi connectivity index (χ1v) is 7.47. The number of rotatable bonds is 3. The molecule has 0 fully saturated rings. The van der Waals surface area contributed by atoms with Crippen LogP contribution in [0.15, 0.2) is 11.1 Å². The van der Waals surface area contributed by atoms with E-state index in [1.807, 2.05) is 5.32 Å². The summed E-state index contributed by atoms with van der Waals surface area (Å²) in [5.41, 5.74) is -3.32. The lowest BCUT2D eigenvalue weighted by Gasteiger charge is -2.20. The molecule has 1 rings (SSSR count). The van der Waals surface area contributed by atoms with Crippen molar-refractivity contribution < 1.29 is 32.6 Å². The van der Waals surface area contributed by atoms with Gasteiger partial charge >= 0.3 is 18.2 Å². The predicted molar refractivity (Wildman–Crippen MR) is 77.8 cm³/mol. The van der Waals surface area contributed by atoms with Crippen LogP contribution < -0.4 is 5.32 Å². The fourth-order valence-corrected chi connectivity index (χ4v) is 2.10. The second-order valence-corrected chi connectivity index (χ2v) is 6.17. The molecule has 10 heteroatoms. The molecular formula is C13H15F3N2O4S. The van der Waals surface area contributed by atoms with Crippen molar-refractivity contribution in [2.45, 2.75) is 37.6 Å². The van der Waals surface area contributed by atoms with Crippen molar-refractivity contribution in [1.82, 2.24) is 4.98 Å². The zero-order valence-corrected chi connectivity index (χ0v) is 13.6. The largest absolute Gasteiger partial charge is 0.476 e. The van der Waals surface area contributed by atoms with Gasteiger partial charge in [0.05, 0.1) is 11.3 Å². The van der Waals surface area contributed by atoms with Gasteiger partial charge in [-0.2, -0.15) is 13.2 Å². The van der Waals surface area contributed by atoms with Gasteiger partial charge in [-0.15, -0.1) is 11.8 Å². The van der Waals surface area contributed by atoms with Crippen LogP contribution in [-0.2, 0) is 10.9 Å². The lowest BCUT2D eigenvalue weighted by molar-refractivity contribution is -0.140. The normalized spacial score (nSPS) is 12.0. The van der Waals surface area contributed by atoms with Crippen molar-refractivity contribution >= 4 is 29.5 Å². The molecule has 1 aromatic heterocycles. The second kappa shape index (κ2) is 6.65. The van der Waals surface area contributed by atoms with E-state index < -0.39 is 45.8 Å². The number of carboxylic acid groups (broad SMARTS) is 1. The Morgan fingerprint density at radius 1 is 1.30 bits per heavy atom. The molecule has 0 radical (unpaired) electrons. The van der Waals surface area contributed by atoms with Gasteiger partial charge in [0, 0.05) is 0 Å². The number of alkyl halides is 3. The first kappa shape index (κ1) is 19.1. The van der Waals surface area contributed by atoms with Gasteiger partial charge in [0.1, 0.15) is 10.6 Å². The Labute approximate surface area is 134 Å². The molecule has 0 spiro atoms. The molecule has 1 aromatic rings. The number of pyridine rings is 1. The van der Waals surface area contributed by atoms with Crippen LogP contribution in [0.2, 0.25) is 0 Å². The van der Waals surface area contributed by atoms with Gasteiger partial charge in [-0.25, -0.2) is 14.6 Å². The van der Waals surface area contributed by atoms with Crippen LogP contribution in [0.1, 0.15) is 36.8 Å². The molecule has 0 aliphatic rings. The minimum Gasteiger partial charge on any atom is -0.476 e. The number of carbonyl (C=O) groups excluding carboxylic acids is 1. The van der Waals surface area contributed by atoms with Gasteiger partial charge in [-0.3, -0.25) is 5.32 Å². The number of nitrogens with zero attached hydrogens (tertiary/aromatic N) is 1. The molecule has 6 nitrogen and oxygen atoms in total. The van der Waals surface area contributed by atoms with Crippen LogP contribution >= 0.6 is 11.8 Å². The summed E-state index contributed by atoms with van der Waals surface area (Å²) in [4.78, 5) is 26.3. The van der Waals surface area contributed by atoms with Crippen molar-refractivity contribution in [3.05, 3.63) is 17.3 Å². The molecule has 0 aliphatic carbocycles. The highest BCUT2D eigenvalue weighted by atomic mass is 32.2. The van der Waals surface area contributed by atoms with Crippen LogP contribution in [-0.4, -0.2) is 34.0 Å². The Hall–Kier alpha value is -1.97. The molecule has 128 valence electrons. The van der Waals surface area contributed by atoms with Gasteiger partial charge in [0.25, 0.3) is 0 Å². The first-order chi connectivity index (χ1) is 10.3. The minimum atomic E-state index is -4.74. The average molecular weight is 352 g/mol. The summed E-state index contributed by atoms with van der Waals surface area (Å²) in [6.45, 7) is 4.67. The quantitative estimate of drug-likeness (QED) is 0.803. The predicted octanol–water partition coefficient (Wildman–Crippen LogP) is 3.87. The van der Waals surface area contributed by atoms with E-state index in [1.54, 1.807) is 20.8 Å². The van der Waals surface area contributed by atoms with E-state index in [0.29, 0.717) is 17.8 Å². The number of anilines is 1. The summed E-state index contributed by atoms with van der Waals surface area (Å²) in [7, 11) is 0. The zero-order chi connectivity index (χ0) is 18.0. The molecule has 2 N–H and O–H groups in total. The molecule has 0 aromatic carbocycles. The lowest BCUT2D eigenvalue weighted by atomic mass is 10.2. The third-order valence-corrected chi connectivity index (χ3v) is 3.02. The zero-order valence-electron chi connectivity index (χ0n) is 12.7. The summed E-state index contributed by atoms with van der Waals surface area (Å²) < 4.78 is 43.9. The van der Waals surface area contributed by atoms with Crippen molar-refractivity contribution in [2.75, 3.05) is 11.6 Å². The standard InChI is InChI=1S/C13H15F3N2O4S/c1-12(2,3)22-11(21)17-7-5-6(13(14,15)16)9(23-4)18-8(7)10(19)20/h5H,1-4H3,(H,17,21)(H,19,20). The summed E-state index contributed by atoms with van der Waals surface area (Å²) >= 11 is 0.653. The molecule has 1 heterocycles. The van der Waals surface area contributed by atoms with Crippen molar-refractivity contribution in [3.8, 4) is 0 Å². The fraction of sp³-hybridized carbons (Fsp3) is 0.462. The minimum absolute atomic E-state index is 0.496. The Kier molecular flexibility index (Phi) is 5.51. The Morgan fingerprint density at radius 3 is 2.26 bits per heavy atom. The lowest BCUT2D eigenvalue weighted by Crippen LogP contribution is -2.28. The van der Waals surface area contributed by atoms with Gasteiger partial charge in [0.15, 0.2) is 5.69 Å². The number of aromatic nitrogens is 1. The Bertz CT molecular complexity index is 627. The number of carboxylic acids is 1. The monoisotopic (exact) mass is 352 g/mol. The number of aromatic carboxylic acids is 1. The molecule has 0 atom stereocenters. The third kappa shape index (κ3) is 5.31. The average Bonchev–Trinajstić information content (AvgIpc) is 2.34. The van der Waals surface area contributed by atoms with Gasteiger partial charge in [-0.1, -0.05) is 0 Å². The smallest absolute Gasteiger partial charge is 0.419 e. The molecule has 0 aliphatic heterocycles. The van der Waals surface area contributed by atoms with E-state index in [2.05, 4.69) is 4.98 Å². The molecule has 1 amide bonds. The van der Waals surface area contributed by atoms with Crippen molar-refractivity contribution in [2.24, 2.45) is 0 Å². The van der Waals surface area contributed by atoms with E-state index in [9.17, 15) is 22.8 Å². The van der Waals surface area contributed by atoms with Crippen LogP contribution in [0.4, 0.5) is 23.7 Å².